The Morgan fingerprint density at radius 2 is 2.05 bits per heavy atom. The molecule has 0 heterocycles. The fourth-order valence-corrected chi connectivity index (χ4v) is 2.38. The maximum Gasteiger partial charge on any atom is 0.248 e. The summed E-state index contributed by atoms with van der Waals surface area (Å²) in [5, 5.41) is 3.29. The molecule has 0 spiro atoms. The zero-order valence-electron chi connectivity index (χ0n) is 10.9. The lowest BCUT2D eigenvalue weighted by Crippen LogP contribution is -2.08. The van der Waals surface area contributed by atoms with Crippen LogP contribution in [0.3, 0.4) is 0 Å². The van der Waals surface area contributed by atoms with Gasteiger partial charge < -0.3 is 5.32 Å². The van der Waals surface area contributed by atoms with Gasteiger partial charge in [0.15, 0.2) is 0 Å². The maximum atomic E-state index is 11.8. The quantitative estimate of drug-likeness (QED) is 0.770. The summed E-state index contributed by atoms with van der Waals surface area (Å²) in [7, 11) is 0. The van der Waals surface area contributed by atoms with E-state index in [1.165, 1.54) is 6.08 Å². The molecule has 0 bridgehead atoms. The first-order valence-electron chi connectivity index (χ1n) is 6.05. The third kappa shape index (κ3) is 4.22. The number of carbonyl (C=O) groups excluding carboxylic acids is 1. The number of amides is 1. The van der Waals surface area contributed by atoms with Crippen LogP contribution in [0.2, 0.25) is 5.02 Å². The van der Waals surface area contributed by atoms with Gasteiger partial charge in [0, 0.05) is 10.5 Å². The average molecular weight is 351 g/mol. The number of nitrogens with one attached hydrogen (secondary N) is 1. The van der Waals surface area contributed by atoms with Gasteiger partial charge in [-0.3, -0.25) is 4.79 Å². The van der Waals surface area contributed by atoms with E-state index in [0.717, 1.165) is 15.6 Å². The Balaban J connectivity index is 2.05. The number of aryl methyl sites for hydroxylation is 1. The van der Waals surface area contributed by atoms with Crippen LogP contribution in [-0.2, 0) is 4.79 Å². The van der Waals surface area contributed by atoms with E-state index in [-0.39, 0.29) is 5.91 Å². The zero-order chi connectivity index (χ0) is 14.5. The third-order valence-electron chi connectivity index (χ3n) is 2.66. The molecule has 0 aliphatic rings. The molecule has 0 saturated heterocycles. The molecule has 0 aromatic heterocycles. The summed E-state index contributed by atoms with van der Waals surface area (Å²) in [6, 6.07) is 13.2. The van der Waals surface area contributed by atoms with Gasteiger partial charge in [-0.25, -0.2) is 0 Å². The molecule has 1 N–H and O–H groups in total. The van der Waals surface area contributed by atoms with Crippen LogP contribution < -0.4 is 5.32 Å². The van der Waals surface area contributed by atoms with Crippen LogP contribution in [0, 0.1) is 6.92 Å². The minimum Gasteiger partial charge on any atom is -0.321 e. The van der Waals surface area contributed by atoms with Crippen LogP contribution >= 0.6 is 27.5 Å². The first-order valence-corrected chi connectivity index (χ1v) is 7.22. The highest BCUT2D eigenvalue weighted by molar-refractivity contribution is 9.10. The van der Waals surface area contributed by atoms with Crippen LogP contribution in [0.5, 0.6) is 0 Å². The number of hydrogen-bond donors (Lipinski definition) is 1. The molecule has 0 fully saturated rings. The first-order chi connectivity index (χ1) is 9.54. The summed E-state index contributed by atoms with van der Waals surface area (Å²) in [5.41, 5.74) is 2.61. The molecule has 102 valence electrons. The van der Waals surface area contributed by atoms with Crippen molar-refractivity contribution in [2.45, 2.75) is 6.92 Å². The Bertz CT molecular complexity index is 667. The molecule has 0 aliphatic carbocycles. The van der Waals surface area contributed by atoms with Crippen molar-refractivity contribution in [3.63, 3.8) is 0 Å². The Kier molecular flexibility index (Phi) is 4.99. The topological polar surface area (TPSA) is 29.1 Å². The smallest absolute Gasteiger partial charge is 0.248 e. The van der Waals surface area contributed by atoms with Crippen molar-refractivity contribution >= 4 is 45.2 Å². The van der Waals surface area contributed by atoms with Crippen molar-refractivity contribution in [1.29, 1.82) is 0 Å². The summed E-state index contributed by atoms with van der Waals surface area (Å²) >= 11 is 9.45. The lowest BCUT2D eigenvalue weighted by molar-refractivity contribution is -0.111. The van der Waals surface area contributed by atoms with E-state index in [4.69, 9.17) is 11.6 Å². The summed E-state index contributed by atoms with van der Waals surface area (Å²) < 4.78 is 0.974. The highest BCUT2D eigenvalue weighted by Gasteiger charge is 2.03. The molecule has 2 rings (SSSR count). The predicted molar refractivity (Wildman–Crippen MR) is 88.0 cm³/mol. The number of hydrogen-bond acceptors (Lipinski definition) is 1. The predicted octanol–water partition coefficient (Wildman–Crippen LogP) is 5.06. The molecule has 0 atom stereocenters. The third-order valence-corrected chi connectivity index (χ3v) is 3.46. The van der Waals surface area contributed by atoms with E-state index >= 15 is 0 Å². The van der Waals surface area contributed by atoms with Crippen LogP contribution in [-0.4, -0.2) is 5.91 Å². The molecule has 2 aromatic rings. The molecule has 20 heavy (non-hydrogen) atoms. The number of benzene rings is 2. The Morgan fingerprint density at radius 3 is 2.75 bits per heavy atom. The van der Waals surface area contributed by atoms with E-state index < -0.39 is 0 Å². The summed E-state index contributed by atoms with van der Waals surface area (Å²) in [6.45, 7) is 1.95. The van der Waals surface area contributed by atoms with Crippen LogP contribution in [0.4, 0.5) is 5.69 Å². The molecule has 0 saturated carbocycles. The molecule has 0 unspecified atom stereocenters. The average Bonchev–Trinajstić information content (AvgIpc) is 2.40. The van der Waals surface area contributed by atoms with Crippen molar-refractivity contribution in [2.24, 2.45) is 0 Å². The Labute approximate surface area is 131 Å². The van der Waals surface area contributed by atoms with Crippen LogP contribution in [0.25, 0.3) is 6.08 Å². The van der Waals surface area contributed by atoms with E-state index in [0.29, 0.717) is 10.7 Å². The molecular weight excluding hydrogens is 338 g/mol. The van der Waals surface area contributed by atoms with Crippen LogP contribution in [0.1, 0.15) is 11.1 Å². The van der Waals surface area contributed by atoms with Gasteiger partial charge in [-0.15, -0.1) is 0 Å². The van der Waals surface area contributed by atoms with E-state index in [2.05, 4.69) is 21.2 Å². The number of carbonyl (C=O) groups is 1. The fraction of sp³-hybridized carbons (Fsp3) is 0.0625. The maximum absolute atomic E-state index is 11.8. The standard InChI is InChI=1S/C16H13BrClNO/c1-11-5-7-15(14(18)9-11)19-16(20)8-6-12-3-2-4-13(17)10-12/h2-10H,1H3,(H,19,20)/b8-6+. The number of anilines is 1. The van der Waals surface area contributed by atoms with Crippen molar-refractivity contribution in [3.05, 3.63) is 69.2 Å². The van der Waals surface area contributed by atoms with Gasteiger partial charge in [0.1, 0.15) is 0 Å². The first kappa shape index (κ1) is 14.8. The van der Waals surface area contributed by atoms with E-state index in [9.17, 15) is 4.79 Å². The van der Waals surface area contributed by atoms with Crippen molar-refractivity contribution in [1.82, 2.24) is 0 Å². The molecule has 0 aliphatic heterocycles. The van der Waals surface area contributed by atoms with Gasteiger partial charge in [-0.05, 0) is 48.4 Å². The highest BCUT2D eigenvalue weighted by Crippen LogP contribution is 2.22. The zero-order valence-corrected chi connectivity index (χ0v) is 13.2. The van der Waals surface area contributed by atoms with Gasteiger partial charge in [0.2, 0.25) is 5.91 Å². The van der Waals surface area contributed by atoms with Gasteiger partial charge in [0.05, 0.1) is 10.7 Å². The second-order valence-electron chi connectivity index (χ2n) is 4.36. The van der Waals surface area contributed by atoms with Crippen molar-refractivity contribution < 1.29 is 4.79 Å². The number of halogens is 2. The van der Waals surface area contributed by atoms with E-state index in [1.807, 2.05) is 43.3 Å². The minimum absolute atomic E-state index is 0.212. The van der Waals surface area contributed by atoms with Gasteiger partial charge in [0.25, 0.3) is 0 Å². The molecule has 1 amide bonds. The largest absolute Gasteiger partial charge is 0.321 e. The second-order valence-corrected chi connectivity index (χ2v) is 5.68. The summed E-state index contributed by atoms with van der Waals surface area (Å²) in [5.74, 6) is -0.212. The van der Waals surface area contributed by atoms with Gasteiger partial charge in [-0.2, -0.15) is 0 Å². The normalized spacial score (nSPS) is 10.8. The molecule has 2 aromatic carbocycles. The van der Waals surface area contributed by atoms with Crippen LogP contribution in [0.15, 0.2) is 53.0 Å². The lowest BCUT2D eigenvalue weighted by Gasteiger charge is -2.05. The molecule has 2 nitrogen and oxygen atoms in total. The van der Waals surface area contributed by atoms with Crippen molar-refractivity contribution in [3.8, 4) is 0 Å². The van der Waals surface area contributed by atoms with E-state index in [1.54, 1.807) is 12.1 Å². The van der Waals surface area contributed by atoms with Crippen molar-refractivity contribution in [2.75, 3.05) is 5.32 Å². The highest BCUT2D eigenvalue weighted by atomic mass is 79.9. The Morgan fingerprint density at radius 1 is 1.25 bits per heavy atom. The minimum atomic E-state index is -0.212. The summed E-state index contributed by atoms with van der Waals surface area (Å²) in [6.07, 6.45) is 3.24. The SMILES string of the molecule is Cc1ccc(NC(=O)/C=C/c2cccc(Br)c2)c(Cl)c1. The Hall–Kier alpha value is -1.58. The van der Waals surface area contributed by atoms with Gasteiger partial charge >= 0.3 is 0 Å². The molecule has 0 radical (unpaired) electrons. The lowest BCUT2D eigenvalue weighted by atomic mass is 10.2. The number of rotatable bonds is 3. The summed E-state index contributed by atoms with van der Waals surface area (Å²) in [4.78, 5) is 11.8. The fourth-order valence-electron chi connectivity index (χ4n) is 1.68. The second kappa shape index (κ2) is 6.73. The monoisotopic (exact) mass is 349 g/mol. The molecule has 4 heteroatoms. The van der Waals surface area contributed by atoms with Gasteiger partial charge in [-0.1, -0.05) is 45.7 Å². The molecular formula is C16H13BrClNO.